The Hall–Kier alpha value is -1.55. The van der Waals surface area contributed by atoms with E-state index in [0.717, 1.165) is 28.5 Å². The van der Waals surface area contributed by atoms with Crippen molar-refractivity contribution in [3.05, 3.63) is 27.0 Å². The van der Waals surface area contributed by atoms with Crippen LogP contribution in [0.3, 0.4) is 0 Å². The van der Waals surface area contributed by atoms with E-state index in [1.807, 2.05) is 13.8 Å². The second-order valence-electron chi connectivity index (χ2n) is 4.99. The number of nitrogens with zero attached hydrogens (tertiary/aromatic N) is 3. The summed E-state index contributed by atoms with van der Waals surface area (Å²) in [4.78, 5) is 30.6. The summed E-state index contributed by atoms with van der Waals surface area (Å²) in [6.45, 7) is 4.07. The Bertz CT molecular complexity index is 814. The highest BCUT2D eigenvalue weighted by Crippen LogP contribution is 2.32. The SMILES string of the molecule is CCCN(C)C(=O)c1c(SCC)nc2scc(C(F)(F)F)n2c1=O. The van der Waals surface area contributed by atoms with Gasteiger partial charge in [0.05, 0.1) is 0 Å². The third kappa shape index (κ3) is 3.44. The van der Waals surface area contributed by atoms with Crippen LogP contribution in [0.1, 0.15) is 36.3 Å². The zero-order valence-electron chi connectivity index (χ0n) is 13.3. The van der Waals surface area contributed by atoms with Crippen LogP contribution in [0.25, 0.3) is 4.96 Å². The molecule has 2 aromatic heterocycles. The van der Waals surface area contributed by atoms with E-state index in [9.17, 15) is 22.8 Å². The van der Waals surface area contributed by atoms with Crippen LogP contribution in [0.2, 0.25) is 0 Å². The quantitative estimate of drug-likeness (QED) is 0.590. The smallest absolute Gasteiger partial charge is 0.341 e. The number of rotatable bonds is 5. The Kier molecular flexibility index (Phi) is 5.59. The third-order valence-corrected chi connectivity index (χ3v) is 4.91. The molecule has 0 N–H and O–H groups in total. The summed E-state index contributed by atoms with van der Waals surface area (Å²) >= 11 is 1.89. The van der Waals surface area contributed by atoms with E-state index >= 15 is 0 Å². The molecule has 2 heterocycles. The molecule has 0 radical (unpaired) electrons. The van der Waals surface area contributed by atoms with E-state index in [2.05, 4.69) is 4.98 Å². The van der Waals surface area contributed by atoms with Crippen molar-refractivity contribution >= 4 is 34.0 Å². The number of carbonyl (C=O) groups is 1. The lowest BCUT2D eigenvalue weighted by Crippen LogP contribution is -2.35. The highest BCUT2D eigenvalue weighted by Gasteiger charge is 2.36. The Morgan fingerprint density at radius 2 is 2.08 bits per heavy atom. The van der Waals surface area contributed by atoms with Crippen LogP contribution in [0.4, 0.5) is 13.2 Å². The molecule has 0 spiro atoms. The van der Waals surface area contributed by atoms with Crippen LogP contribution >= 0.6 is 23.1 Å². The number of amides is 1. The lowest BCUT2D eigenvalue weighted by atomic mass is 10.2. The number of thioether (sulfide) groups is 1. The Morgan fingerprint density at radius 1 is 1.42 bits per heavy atom. The minimum atomic E-state index is -4.70. The number of aromatic nitrogens is 2. The van der Waals surface area contributed by atoms with Gasteiger partial charge in [-0.1, -0.05) is 13.8 Å². The van der Waals surface area contributed by atoms with Gasteiger partial charge in [0.25, 0.3) is 11.5 Å². The molecule has 132 valence electrons. The molecule has 0 aliphatic carbocycles. The van der Waals surface area contributed by atoms with E-state index in [0.29, 0.717) is 23.1 Å². The maximum absolute atomic E-state index is 13.1. The molecule has 24 heavy (non-hydrogen) atoms. The predicted octanol–water partition coefficient (Wildman–Crippen LogP) is 3.37. The van der Waals surface area contributed by atoms with E-state index in [4.69, 9.17) is 0 Å². The van der Waals surface area contributed by atoms with Crippen molar-refractivity contribution in [2.75, 3.05) is 19.3 Å². The largest absolute Gasteiger partial charge is 0.432 e. The molecule has 0 saturated carbocycles. The van der Waals surface area contributed by atoms with Gasteiger partial charge in [-0.15, -0.1) is 23.1 Å². The number of carbonyl (C=O) groups excluding carboxylic acids is 1. The van der Waals surface area contributed by atoms with Gasteiger partial charge >= 0.3 is 6.18 Å². The van der Waals surface area contributed by atoms with Crippen molar-refractivity contribution in [2.45, 2.75) is 31.5 Å². The Balaban J connectivity index is 2.75. The number of alkyl halides is 3. The second-order valence-corrected chi connectivity index (χ2v) is 7.08. The summed E-state index contributed by atoms with van der Waals surface area (Å²) in [5.74, 6) is -0.0724. The van der Waals surface area contributed by atoms with Crippen LogP contribution in [-0.4, -0.2) is 39.5 Å². The Morgan fingerprint density at radius 3 is 2.62 bits per heavy atom. The summed E-state index contributed by atoms with van der Waals surface area (Å²) in [6, 6.07) is 0. The number of hydrogen-bond acceptors (Lipinski definition) is 5. The van der Waals surface area contributed by atoms with Gasteiger partial charge < -0.3 is 4.90 Å². The van der Waals surface area contributed by atoms with E-state index in [-0.39, 0.29) is 15.6 Å². The summed E-state index contributed by atoms with van der Waals surface area (Å²) in [7, 11) is 1.51. The molecule has 0 bridgehead atoms. The summed E-state index contributed by atoms with van der Waals surface area (Å²) in [6.07, 6.45) is -4.03. The molecule has 0 aliphatic heterocycles. The molecular formula is C14H16F3N3O2S2. The molecule has 0 saturated heterocycles. The van der Waals surface area contributed by atoms with Gasteiger partial charge in [-0.3, -0.25) is 9.59 Å². The van der Waals surface area contributed by atoms with Gasteiger partial charge in [-0.25, -0.2) is 9.38 Å². The molecule has 2 rings (SSSR count). The van der Waals surface area contributed by atoms with Gasteiger partial charge in [0.15, 0.2) is 4.96 Å². The maximum Gasteiger partial charge on any atom is 0.432 e. The highest BCUT2D eigenvalue weighted by atomic mass is 32.2. The standard InChI is InChI=1S/C14H16F3N3O2S2/c1-4-6-19(3)11(21)9-10(23-5-2)18-13-20(12(9)22)8(7-24-13)14(15,16)17/h7H,4-6H2,1-3H3. The molecule has 2 aromatic rings. The zero-order valence-corrected chi connectivity index (χ0v) is 14.9. The van der Waals surface area contributed by atoms with Crippen LogP contribution in [0, 0.1) is 0 Å². The molecule has 0 aliphatic rings. The molecule has 0 fully saturated rings. The van der Waals surface area contributed by atoms with Crippen LogP contribution in [0.5, 0.6) is 0 Å². The first kappa shape index (κ1) is 18.8. The van der Waals surface area contributed by atoms with Crippen LogP contribution in [-0.2, 0) is 6.18 Å². The Labute approximate surface area is 144 Å². The van der Waals surface area contributed by atoms with E-state index in [1.54, 1.807) is 0 Å². The first-order valence-electron chi connectivity index (χ1n) is 7.22. The van der Waals surface area contributed by atoms with Gasteiger partial charge in [0.2, 0.25) is 0 Å². The molecule has 0 aromatic carbocycles. The van der Waals surface area contributed by atoms with Crippen molar-refractivity contribution in [2.24, 2.45) is 0 Å². The lowest BCUT2D eigenvalue weighted by Gasteiger charge is -2.17. The number of thiazole rings is 1. The summed E-state index contributed by atoms with van der Waals surface area (Å²) in [5.41, 5.74) is -2.39. The van der Waals surface area contributed by atoms with Gasteiger partial charge in [0, 0.05) is 19.0 Å². The molecule has 10 heteroatoms. The predicted molar refractivity (Wildman–Crippen MR) is 88.0 cm³/mol. The average Bonchev–Trinajstić information content (AvgIpc) is 2.92. The first-order chi connectivity index (χ1) is 11.2. The van der Waals surface area contributed by atoms with Crippen molar-refractivity contribution in [3.63, 3.8) is 0 Å². The van der Waals surface area contributed by atoms with Crippen LogP contribution < -0.4 is 5.56 Å². The fourth-order valence-electron chi connectivity index (χ4n) is 2.18. The van der Waals surface area contributed by atoms with Gasteiger partial charge in [-0.2, -0.15) is 13.2 Å². The second kappa shape index (κ2) is 7.14. The minimum Gasteiger partial charge on any atom is -0.341 e. The van der Waals surface area contributed by atoms with Crippen molar-refractivity contribution < 1.29 is 18.0 Å². The molecule has 5 nitrogen and oxygen atoms in total. The van der Waals surface area contributed by atoms with Crippen molar-refractivity contribution in [3.8, 4) is 0 Å². The van der Waals surface area contributed by atoms with Crippen molar-refractivity contribution in [1.29, 1.82) is 0 Å². The summed E-state index contributed by atoms with van der Waals surface area (Å²) < 4.78 is 39.8. The molecule has 0 atom stereocenters. The maximum atomic E-state index is 13.1. The fourth-order valence-corrected chi connectivity index (χ4v) is 3.87. The van der Waals surface area contributed by atoms with Gasteiger partial charge in [-0.05, 0) is 12.2 Å². The van der Waals surface area contributed by atoms with E-state index < -0.39 is 23.3 Å². The van der Waals surface area contributed by atoms with Gasteiger partial charge in [0.1, 0.15) is 16.3 Å². The topological polar surface area (TPSA) is 54.7 Å². The van der Waals surface area contributed by atoms with Crippen molar-refractivity contribution in [1.82, 2.24) is 14.3 Å². The first-order valence-corrected chi connectivity index (χ1v) is 9.08. The monoisotopic (exact) mass is 379 g/mol. The minimum absolute atomic E-state index is 0.0713. The molecule has 0 unspecified atom stereocenters. The number of halogens is 3. The average molecular weight is 379 g/mol. The number of hydrogen-bond donors (Lipinski definition) is 0. The highest BCUT2D eigenvalue weighted by molar-refractivity contribution is 7.99. The number of fused-ring (bicyclic) bond motifs is 1. The third-order valence-electron chi connectivity index (χ3n) is 3.23. The zero-order chi connectivity index (χ0) is 18.1. The lowest BCUT2D eigenvalue weighted by molar-refractivity contribution is -0.141. The van der Waals surface area contributed by atoms with Crippen LogP contribution in [0.15, 0.2) is 15.2 Å². The summed E-state index contributed by atoms with van der Waals surface area (Å²) in [5, 5.41) is 1.01. The normalized spacial score (nSPS) is 11.9. The fraction of sp³-hybridized carbons (Fsp3) is 0.500. The molecule has 1 amide bonds. The molecular weight excluding hydrogens is 363 g/mol. The van der Waals surface area contributed by atoms with E-state index in [1.165, 1.54) is 11.9 Å².